The topological polar surface area (TPSA) is 86.7 Å². The lowest BCUT2D eigenvalue weighted by Crippen LogP contribution is -2.41. The van der Waals surface area contributed by atoms with Gasteiger partial charge >= 0.3 is 5.97 Å². The van der Waals surface area contributed by atoms with Gasteiger partial charge in [-0.3, -0.25) is 14.4 Å². The zero-order valence-electron chi connectivity index (χ0n) is 13.4. The number of nitrogens with zero attached hydrogens (tertiary/aromatic N) is 1. The molecule has 1 atom stereocenters. The molecule has 0 radical (unpaired) electrons. The molecular weight excluding hydrogens is 296 g/mol. The number of anilines is 1. The Morgan fingerprint density at radius 3 is 2.35 bits per heavy atom. The fraction of sp³-hybridized carbons (Fsp3) is 0.471. The number of nitrogens with one attached hydrogen (secondary N) is 1. The molecule has 6 nitrogen and oxygen atoms in total. The fourth-order valence-electron chi connectivity index (χ4n) is 2.25. The smallest absolute Gasteiger partial charge is 0.323 e. The highest BCUT2D eigenvalue weighted by Crippen LogP contribution is 2.30. The molecule has 1 aliphatic rings. The van der Waals surface area contributed by atoms with Gasteiger partial charge in [-0.25, -0.2) is 0 Å². The quantitative estimate of drug-likeness (QED) is 0.808. The molecule has 0 heterocycles. The van der Waals surface area contributed by atoms with Crippen molar-refractivity contribution in [2.75, 3.05) is 11.9 Å². The zero-order valence-corrected chi connectivity index (χ0v) is 13.4. The van der Waals surface area contributed by atoms with E-state index in [-0.39, 0.29) is 30.3 Å². The summed E-state index contributed by atoms with van der Waals surface area (Å²) in [5.41, 5.74) is 1.06. The summed E-state index contributed by atoms with van der Waals surface area (Å²) in [7, 11) is 0. The predicted octanol–water partition coefficient (Wildman–Crippen LogP) is 2.36. The van der Waals surface area contributed by atoms with Gasteiger partial charge in [0.15, 0.2) is 0 Å². The minimum Gasteiger partial charge on any atom is -0.480 e. The summed E-state index contributed by atoms with van der Waals surface area (Å²) >= 11 is 0. The van der Waals surface area contributed by atoms with Gasteiger partial charge in [-0.2, -0.15) is 0 Å². The van der Waals surface area contributed by atoms with Crippen molar-refractivity contribution in [3.8, 4) is 0 Å². The van der Waals surface area contributed by atoms with E-state index in [4.69, 9.17) is 5.11 Å². The first-order chi connectivity index (χ1) is 10.9. The second-order valence-electron chi connectivity index (χ2n) is 5.92. The Morgan fingerprint density at radius 2 is 1.87 bits per heavy atom. The van der Waals surface area contributed by atoms with Crippen molar-refractivity contribution in [1.29, 1.82) is 0 Å². The minimum atomic E-state index is -1.04. The Labute approximate surface area is 135 Å². The zero-order chi connectivity index (χ0) is 17.0. The van der Waals surface area contributed by atoms with Crippen LogP contribution in [0.2, 0.25) is 0 Å². The van der Waals surface area contributed by atoms with Gasteiger partial charge in [-0.15, -0.1) is 0 Å². The molecule has 124 valence electrons. The van der Waals surface area contributed by atoms with E-state index in [1.807, 2.05) is 13.8 Å². The molecule has 0 aromatic heterocycles. The average molecular weight is 318 g/mol. The van der Waals surface area contributed by atoms with E-state index < -0.39 is 5.97 Å². The number of hydrogen-bond acceptors (Lipinski definition) is 3. The maximum absolute atomic E-state index is 12.5. The molecule has 1 aliphatic carbocycles. The Bertz CT molecular complexity index is 593. The first kappa shape index (κ1) is 17.0. The number of carbonyl (C=O) groups excluding carboxylic acids is 2. The number of amides is 2. The summed E-state index contributed by atoms with van der Waals surface area (Å²) in [5.74, 6) is -1.22. The van der Waals surface area contributed by atoms with Crippen LogP contribution in [-0.4, -0.2) is 40.4 Å². The maximum atomic E-state index is 12.5. The second-order valence-corrected chi connectivity index (χ2v) is 5.92. The largest absolute Gasteiger partial charge is 0.480 e. The number of carboxylic acid groups (broad SMARTS) is 1. The summed E-state index contributed by atoms with van der Waals surface area (Å²) in [6, 6.07) is 6.41. The van der Waals surface area contributed by atoms with Gasteiger partial charge < -0.3 is 15.3 Å². The summed E-state index contributed by atoms with van der Waals surface area (Å²) in [6.45, 7) is 3.41. The van der Waals surface area contributed by atoms with Crippen LogP contribution in [0.15, 0.2) is 24.3 Å². The first-order valence-electron chi connectivity index (χ1n) is 7.86. The van der Waals surface area contributed by atoms with E-state index in [1.54, 1.807) is 24.3 Å². The summed E-state index contributed by atoms with van der Waals surface area (Å²) < 4.78 is 0. The van der Waals surface area contributed by atoms with Crippen molar-refractivity contribution in [1.82, 2.24) is 4.90 Å². The van der Waals surface area contributed by atoms with Crippen molar-refractivity contribution in [2.24, 2.45) is 5.92 Å². The van der Waals surface area contributed by atoms with Crippen LogP contribution in [0.3, 0.4) is 0 Å². The highest BCUT2D eigenvalue weighted by Gasteiger charge is 2.29. The third-order valence-corrected chi connectivity index (χ3v) is 4.04. The highest BCUT2D eigenvalue weighted by atomic mass is 16.4. The van der Waals surface area contributed by atoms with Crippen LogP contribution in [0.1, 0.15) is 43.5 Å². The molecule has 2 rings (SSSR count). The molecule has 0 bridgehead atoms. The predicted molar refractivity (Wildman–Crippen MR) is 86.2 cm³/mol. The number of carbonyl (C=O) groups is 3. The fourth-order valence-corrected chi connectivity index (χ4v) is 2.25. The van der Waals surface area contributed by atoms with Gasteiger partial charge in [0.1, 0.15) is 6.54 Å². The molecule has 1 saturated carbocycles. The Hall–Kier alpha value is -2.37. The Balaban J connectivity index is 2.07. The first-order valence-corrected chi connectivity index (χ1v) is 7.86. The van der Waals surface area contributed by atoms with Crippen molar-refractivity contribution in [3.05, 3.63) is 29.8 Å². The molecule has 2 N–H and O–H groups in total. The SMILES string of the molecule is CCC(C)N(CC(=O)O)C(=O)c1ccc(NC(=O)C2CC2)cc1. The maximum Gasteiger partial charge on any atom is 0.323 e. The number of carboxylic acids is 1. The molecule has 23 heavy (non-hydrogen) atoms. The highest BCUT2D eigenvalue weighted by molar-refractivity contribution is 5.97. The van der Waals surface area contributed by atoms with Crippen molar-refractivity contribution < 1.29 is 19.5 Å². The van der Waals surface area contributed by atoms with Crippen molar-refractivity contribution in [2.45, 2.75) is 39.2 Å². The molecule has 1 fully saturated rings. The van der Waals surface area contributed by atoms with Gasteiger partial charge in [-0.05, 0) is 50.5 Å². The summed E-state index contributed by atoms with van der Waals surface area (Å²) in [6.07, 6.45) is 2.54. The minimum absolute atomic E-state index is 0.0104. The molecular formula is C17H22N2O4. The van der Waals surface area contributed by atoms with E-state index in [0.717, 1.165) is 12.8 Å². The van der Waals surface area contributed by atoms with Crippen LogP contribution in [0.5, 0.6) is 0 Å². The molecule has 1 aromatic rings. The van der Waals surface area contributed by atoms with Gasteiger partial charge in [0.25, 0.3) is 5.91 Å². The van der Waals surface area contributed by atoms with Crippen LogP contribution in [-0.2, 0) is 9.59 Å². The number of benzene rings is 1. The molecule has 0 spiro atoms. The van der Waals surface area contributed by atoms with Gasteiger partial charge in [0.2, 0.25) is 5.91 Å². The van der Waals surface area contributed by atoms with Crippen LogP contribution in [0, 0.1) is 5.92 Å². The molecule has 1 aromatic carbocycles. The number of hydrogen-bond donors (Lipinski definition) is 2. The standard InChI is InChI=1S/C17H22N2O4/c1-3-11(2)19(10-15(20)21)17(23)13-6-8-14(9-7-13)18-16(22)12-4-5-12/h6-9,11-12H,3-5,10H2,1-2H3,(H,18,22)(H,20,21). The van der Waals surface area contributed by atoms with E-state index in [0.29, 0.717) is 17.7 Å². The molecule has 0 saturated heterocycles. The average Bonchev–Trinajstić information content (AvgIpc) is 3.36. The molecule has 1 unspecified atom stereocenters. The van der Waals surface area contributed by atoms with Crippen LogP contribution in [0.4, 0.5) is 5.69 Å². The normalized spacial score (nSPS) is 14.9. The third kappa shape index (κ3) is 4.55. The van der Waals surface area contributed by atoms with Crippen LogP contribution >= 0.6 is 0 Å². The van der Waals surface area contributed by atoms with Gasteiger partial charge in [0.05, 0.1) is 0 Å². The molecule has 0 aliphatic heterocycles. The lowest BCUT2D eigenvalue weighted by atomic mass is 10.1. The van der Waals surface area contributed by atoms with Gasteiger partial charge in [0, 0.05) is 23.2 Å². The number of aliphatic carboxylic acids is 1. The van der Waals surface area contributed by atoms with E-state index in [1.165, 1.54) is 4.90 Å². The van der Waals surface area contributed by atoms with Crippen LogP contribution in [0.25, 0.3) is 0 Å². The summed E-state index contributed by atoms with van der Waals surface area (Å²) in [5, 5.41) is 11.8. The van der Waals surface area contributed by atoms with E-state index in [2.05, 4.69) is 5.32 Å². The molecule has 6 heteroatoms. The second kappa shape index (κ2) is 7.26. The lowest BCUT2D eigenvalue weighted by molar-refractivity contribution is -0.138. The van der Waals surface area contributed by atoms with E-state index >= 15 is 0 Å². The molecule has 2 amide bonds. The summed E-state index contributed by atoms with van der Waals surface area (Å²) in [4.78, 5) is 36.5. The Kier molecular flexibility index (Phi) is 5.36. The van der Waals surface area contributed by atoms with Crippen molar-refractivity contribution >= 4 is 23.5 Å². The van der Waals surface area contributed by atoms with Crippen molar-refractivity contribution in [3.63, 3.8) is 0 Å². The third-order valence-electron chi connectivity index (χ3n) is 4.04. The van der Waals surface area contributed by atoms with Gasteiger partial charge in [-0.1, -0.05) is 6.92 Å². The monoisotopic (exact) mass is 318 g/mol. The van der Waals surface area contributed by atoms with E-state index in [9.17, 15) is 14.4 Å². The number of rotatable bonds is 7. The van der Waals surface area contributed by atoms with Crippen LogP contribution < -0.4 is 5.32 Å². The Morgan fingerprint density at radius 1 is 1.26 bits per heavy atom. The lowest BCUT2D eigenvalue weighted by Gasteiger charge is -2.27.